The molecule has 2 aliphatic carbocycles. The van der Waals surface area contributed by atoms with Crippen molar-refractivity contribution in [2.75, 3.05) is 0 Å². The molecule has 140 valence electrons. The molecule has 0 aliphatic heterocycles. The van der Waals surface area contributed by atoms with Crippen LogP contribution in [0.15, 0.2) is 12.1 Å². The number of fused-ring (bicyclic) bond motifs is 1. The van der Waals surface area contributed by atoms with Crippen molar-refractivity contribution in [3.8, 4) is 0 Å². The molecule has 2 fully saturated rings. The number of benzene rings is 1. The lowest BCUT2D eigenvalue weighted by Gasteiger charge is -2.29. The number of alkyl halides is 3. The first kappa shape index (κ1) is 18.6. The van der Waals surface area contributed by atoms with Crippen LogP contribution in [0.2, 0.25) is 0 Å². The smallest absolute Gasteiger partial charge is 0.247 e. The molecule has 0 bridgehead atoms. The molecule has 2 aliphatic rings. The quantitative estimate of drug-likeness (QED) is 0.430. The summed E-state index contributed by atoms with van der Waals surface area (Å²) in [5.41, 5.74) is -0.501. The largest absolute Gasteiger partial charge is 0.257 e. The zero-order valence-corrected chi connectivity index (χ0v) is 14.1. The first-order valence-corrected chi connectivity index (χ1v) is 8.89. The molecule has 0 nitrogen and oxygen atoms in total. The summed E-state index contributed by atoms with van der Waals surface area (Å²) in [6.07, 6.45) is 0.877. The van der Waals surface area contributed by atoms with Crippen LogP contribution < -0.4 is 0 Å². The van der Waals surface area contributed by atoms with Crippen molar-refractivity contribution in [1.82, 2.24) is 0 Å². The van der Waals surface area contributed by atoms with Gasteiger partial charge in [-0.15, -0.1) is 0 Å². The van der Waals surface area contributed by atoms with Crippen LogP contribution in [-0.4, -0.2) is 12.1 Å². The Balaban J connectivity index is 1.90. The SMILES string of the molecule is CCCC1CC2CC(F)C(c3cc(F)c(F)c(F)c3)C(F)(F)CC2C1. The fraction of sp³-hybridized carbons (Fsp3) is 0.684. The van der Waals surface area contributed by atoms with E-state index in [2.05, 4.69) is 0 Å². The zero-order chi connectivity index (χ0) is 18.4. The first-order chi connectivity index (χ1) is 11.7. The van der Waals surface area contributed by atoms with E-state index in [9.17, 15) is 26.3 Å². The van der Waals surface area contributed by atoms with Crippen molar-refractivity contribution < 1.29 is 26.3 Å². The van der Waals surface area contributed by atoms with Gasteiger partial charge in [-0.05, 0) is 54.7 Å². The van der Waals surface area contributed by atoms with Crippen molar-refractivity contribution >= 4 is 0 Å². The van der Waals surface area contributed by atoms with Crippen molar-refractivity contribution in [3.05, 3.63) is 35.1 Å². The maximum atomic E-state index is 14.8. The molecule has 0 amide bonds. The summed E-state index contributed by atoms with van der Waals surface area (Å²) >= 11 is 0. The minimum Gasteiger partial charge on any atom is -0.247 e. The highest BCUT2D eigenvalue weighted by atomic mass is 19.3. The molecular formula is C19H22F6. The van der Waals surface area contributed by atoms with E-state index in [1.165, 1.54) is 0 Å². The lowest BCUT2D eigenvalue weighted by Crippen LogP contribution is -2.33. The molecule has 2 saturated carbocycles. The summed E-state index contributed by atoms with van der Waals surface area (Å²) in [5.74, 6) is -10.3. The first-order valence-electron chi connectivity index (χ1n) is 8.89. The highest BCUT2D eigenvalue weighted by Gasteiger charge is 2.53. The second kappa shape index (κ2) is 6.84. The predicted octanol–water partition coefficient (Wildman–Crippen LogP) is 6.40. The minimum atomic E-state index is -3.42. The summed E-state index contributed by atoms with van der Waals surface area (Å²) in [6, 6.07) is 1.01. The average molecular weight is 364 g/mol. The van der Waals surface area contributed by atoms with Crippen LogP contribution in [0, 0.1) is 35.2 Å². The predicted molar refractivity (Wildman–Crippen MR) is 82.7 cm³/mol. The van der Waals surface area contributed by atoms with Gasteiger partial charge < -0.3 is 0 Å². The Morgan fingerprint density at radius 2 is 1.60 bits per heavy atom. The molecule has 0 N–H and O–H groups in total. The summed E-state index contributed by atoms with van der Waals surface area (Å²) in [6.45, 7) is 2.04. The van der Waals surface area contributed by atoms with Gasteiger partial charge >= 0.3 is 0 Å². The van der Waals surface area contributed by atoms with Gasteiger partial charge in [0.15, 0.2) is 17.5 Å². The molecule has 1 aromatic rings. The van der Waals surface area contributed by atoms with E-state index in [-0.39, 0.29) is 18.3 Å². The van der Waals surface area contributed by atoms with Crippen LogP contribution in [-0.2, 0) is 0 Å². The van der Waals surface area contributed by atoms with E-state index < -0.39 is 47.4 Å². The van der Waals surface area contributed by atoms with Crippen LogP contribution in [0.4, 0.5) is 26.3 Å². The molecule has 0 heterocycles. The Hall–Kier alpha value is -1.20. The maximum absolute atomic E-state index is 14.8. The van der Waals surface area contributed by atoms with Crippen LogP contribution >= 0.6 is 0 Å². The van der Waals surface area contributed by atoms with E-state index >= 15 is 0 Å². The lowest BCUT2D eigenvalue weighted by atomic mass is 9.85. The summed E-state index contributed by atoms with van der Waals surface area (Å²) in [4.78, 5) is 0. The topological polar surface area (TPSA) is 0 Å². The third kappa shape index (κ3) is 3.54. The molecule has 0 spiro atoms. The van der Waals surface area contributed by atoms with Gasteiger partial charge in [0.1, 0.15) is 6.17 Å². The van der Waals surface area contributed by atoms with Crippen molar-refractivity contribution in [2.45, 2.75) is 63.5 Å². The zero-order valence-electron chi connectivity index (χ0n) is 14.1. The molecular weight excluding hydrogens is 342 g/mol. The average Bonchev–Trinajstić information content (AvgIpc) is 2.81. The second-order valence-corrected chi connectivity index (χ2v) is 7.64. The highest BCUT2D eigenvalue weighted by molar-refractivity contribution is 5.27. The Morgan fingerprint density at radius 3 is 2.20 bits per heavy atom. The van der Waals surface area contributed by atoms with Crippen molar-refractivity contribution in [2.24, 2.45) is 17.8 Å². The van der Waals surface area contributed by atoms with E-state index in [1.54, 1.807) is 0 Å². The summed E-state index contributed by atoms with van der Waals surface area (Å²) in [5, 5.41) is 0. The molecule has 6 heteroatoms. The Morgan fingerprint density at radius 1 is 1.00 bits per heavy atom. The van der Waals surface area contributed by atoms with Crippen LogP contribution in [0.25, 0.3) is 0 Å². The monoisotopic (exact) mass is 364 g/mol. The van der Waals surface area contributed by atoms with Gasteiger partial charge in [-0.25, -0.2) is 26.3 Å². The molecule has 5 unspecified atom stereocenters. The summed E-state index contributed by atoms with van der Waals surface area (Å²) < 4.78 is 84.4. The number of hydrogen-bond donors (Lipinski definition) is 0. The second-order valence-electron chi connectivity index (χ2n) is 7.64. The Labute approximate surface area is 143 Å². The van der Waals surface area contributed by atoms with Gasteiger partial charge in [-0.2, -0.15) is 0 Å². The normalized spacial score (nSPS) is 34.6. The number of rotatable bonds is 3. The fourth-order valence-electron chi connectivity index (χ4n) is 4.89. The number of halogens is 6. The Kier molecular flexibility index (Phi) is 5.09. The van der Waals surface area contributed by atoms with Crippen LogP contribution in [0.3, 0.4) is 0 Å². The van der Waals surface area contributed by atoms with Crippen molar-refractivity contribution in [3.63, 3.8) is 0 Å². The van der Waals surface area contributed by atoms with Gasteiger partial charge in [0, 0.05) is 6.42 Å². The fourth-order valence-corrected chi connectivity index (χ4v) is 4.89. The van der Waals surface area contributed by atoms with E-state index in [1.807, 2.05) is 6.92 Å². The highest BCUT2D eigenvalue weighted by Crippen LogP contribution is 2.54. The van der Waals surface area contributed by atoms with Gasteiger partial charge in [-0.3, -0.25) is 0 Å². The van der Waals surface area contributed by atoms with Crippen LogP contribution in [0.1, 0.15) is 56.9 Å². The standard InChI is InChI=1S/C19H22F6/c1-2-3-10-4-11-6-14(20)17(19(24,25)9-13(11)5-10)12-7-15(21)18(23)16(22)8-12/h7-8,10-11,13-14,17H,2-6,9H2,1H3. The van der Waals surface area contributed by atoms with Gasteiger partial charge in [0.2, 0.25) is 0 Å². The van der Waals surface area contributed by atoms with E-state index in [0.29, 0.717) is 24.5 Å². The molecule has 0 saturated heterocycles. The van der Waals surface area contributed by atoms with Crippen LogP contribution in [0.5, 0.6) is 0 Å². The van der Waals surface area contributed by atoms with Gasteiger partial charge in [0.05, 0.1) is 5.92 Å². The minimum absolute atomic E-state index is 0.0360. The summed E-state index contributed by atoms with van der Waals surface area (Å²) in [7, 11) is 0. The third-order valence-electron chi connectivity index (χ3n) is 5.88. The molecule has 5 atom stereocenters. The molecule has 1 aromatic carbocycles. The number of hydrogen-bond acceptors (Lipinski definition) is 0. The van der Waals surface area contributed by atoms with Gasteiger partial charge in [-0.1, -0.05) is 19.8 Å². The van der Waals surface area contributed by atoms with Gasteiger partial charge in [0.25, 0.3) is 5.92 Å². The molecule has 3 rings (SSSR count). The van der Waals surface area contributed by atoms with E-state index in [4.69, 9.17) is 0 Å². The van der Waals surface area contributed by atoms with E-state index in [0.717, 1.165) is 19.3 Å². The maximum Gasteiger partial charge on any atom is 0.257 e. The lowest BCUT2D eigenvalue weighted by molar-refractivity contribution is -0.0606. The molecule has 0 radical (unpaired) electrons. The Bertz CT molecular complexity index is 605. The molecule has 25 heavy (non-hydrogen) atoms. The molecule has 0 aromatic heterocycles. The third-order valence-corrected chi connectivity index (χ3v) is 5.88. The van der Waals surface area contributed by atoms with Crippen molar-refractivity contribution in [1.29, 1.82) is 0 Å².